The Labute approximate surface area is 468 Å². The van der Waals surface area contributed by atoms with Gasteiger partial charge < -0.3 is 25.2 Å². The topological polar surface area (TPSA) is 112 Å². The fourth-order valence-corrected chi connectivity index (χ4v) is 13.9. The van der Waals surface area contributed by atoms with E-state index in [9.17, 15) is 26.4 Å². The van der Waals surface area contributed by atoms with Crippen LogP contribution in [0.2, 0.25) is 5.02 Å². The molecule has 1 radical (unpaired) electrons. The number of piperazine rings is 1. The third kappa shape index (κ3) is 16.0. The van der Waals surface area contributed by atoms with Gasteiger partial charge in [0.1, 0.15) is 0 Å². The number of sulfonamides is 1. The molecule has 4 aliphatic heterocycles. The molecule has 1 amide bonds. The maximum absolute atomic E-state index is 14.0. The van der Waals surface area contributed by atoms with Crippen LogP contribution in [-0.4, -0.2) is 145 Å². The first-order valence-corrected chi connectivity index (χ1v) is 29.0. The van der Waals surface area contributed by atoms with Crippen molar-refractivity contribution in [2.75, 3.05) is 114 Å². The third-order valence-corrected chi connectivity index (χ3v) is 18.5. The maximum Gasteiger partial charge on any atom is 0.446 e. The second-order valence-electron chi connectivity index (χ2n) is 20.0. The van der Waals surface area contributed by atoms with E-state index in [1.807, 2.05) is 54.6 Å². The summed E-state index contributed by atoms with van der Waals surface area (Å²) < 4.78 is 77.1. The van der Waals surface area contributed by atoms with Gasteiger partial charge in [0.05, 0.1) is 18.1 Å². The van der Waals surface area contributed by atoms with E-state index in [0.717, 1.165) is 106 Å². The van der Waals surface area contributed by atoms with Crippen LogP contribution in [0.25, 0.3) is 10.9 Å². The van der Waals surface area contributed by atoms with Crippen molar-refractivity contribution >= 4 is 68.0 Å². The Morgan fingerprint density at radius 2 is 1.59 bits per heavy atom. The van der Waals surface area contributed by atoms with Gasteiger partial charge in [0.15, 0.2) is 0 Å². The van der Waals surface area contributed by atoms with Gasteiger partial charge in [-0.1, -0.05) is 60.3 Å². The molecule has 4 heterocycles. The predicted molar refractivity (Wildman–Crippen MR) is 286 cm³/mol. The quantitative estimate of drug-likeness (QED) is 0.0929. The van der Waals surface area contributed by atoms with Gasteiger partial charge >= 0.3 is 5.51 Å². The fraction of sp³-hybridized carbons (Fsp3) is 0.500. The molecule has 4 aromatic carbocycles. The van der Waals surface area contributed by atoms with Crippen LogP contribution in [0, 0.1) is 11.3 Å². The number of nitrogens with one attached hydrogen (secondary N) is 2. The molecule has 2 unspecified atom stereocenters. The number of rotatable bonds is 18. The largest absolute Gasteiger partial charge is 0.662 e. The molecule has 0 aromatic heterocycles. The number of allylic oxidation sites excluding steroid dienone is 1. The van der Waals surface area contributed by atoms with Crippen molar-refractivity contribution < 1.29 is 63.8 Å². The number of thioether (sulfide) groups is 2. The molecule has 4 saturated heterocycles. The van der Waals surface area contributed by atoms with Crippen LogP contribution in [0.4, 0.5) is 24.5 Å². The number of likely N-dealkylation sites (tertiary alicyclic amines) is 1. The zero-order valence-corrected chi connectivity index (χ0v) is 47.4. The van der Waals surface area contributed by atoms with Gasteiger partial charge in [-0.05, 0) is 140 Å². The molecule has 1 spiro atoms. The Morgan fingerprint density at radius 1 is 0.863 bits per heavy atom. The molecule has 1 aliphatic carbocycles. The minimum absolute atomic E-state index is 0. The normalized spacial score (nSPS) is 21.3. The number of morpholine rings is 1. The van der Waals surface area contributed by atoms with Crippen LogP contribution in [0.5, 0.6) is 0 Å². The van der Waals surface area contributed by atoms with Gasteiger partial charge in [0, 0.05) is 142 Å². The molecular weight excluding hydrogens is 1090 g/mol. The smallest absolute Gasteiger partial charge is 0.446 e. The molecule has 73 heavy (non-hydrogen) atoms. The summed E-state index contributed by atoms with van der Waals surface area (Å²) >= 11 is 7.55. The number of hydrogen-bond acceptors (Lipinski definition) is 11. The number of nitrogens with zero attached hydrogens (tertiary/aromatic N) is 5. The van der Waals surface area contributed by atoms with Crippen molar-refractivity contribution in [1.29, 1.82) is 0 Å². The molecule has 2 N–H and O–H groups in total. The summed E-state index contributed by atoms with van der Waals surface area (Å²) in [6.07, 6.45) is 7.71. The van der Waals surface area contributed by atoms with Gasteiger partial charge in [-0.15, -0.1) is 24.9 Å². The minimum Gasteiger partial charge on any atom is -0.662 e. The van der Waals surface area contributed by atoms with Gasteiger partial charge in [-0.3, -0.25) is 14.6 Å². The van der Waals surface area contributed by atoms with Gasteiger partial charge in [0.2, 0.25) is 0 Å². The summed E-state index contributed by atoms with van der Waals surface area (Å²) in [5.74, 6) is 0.457. The first kappa shape index (κ1) is 56.5. The second kappa shape index (κ2) is 26.1. The van der Waals surface area contributed by atoms with Gasteiger partial charge in [0.25, 0.3) is 15.9 Å². The first-order chi connectivity index (χ1) is 34.7. The fourth-order valence-electron chi connectivity index (χ4n) is 11.0. The number of ether oxygens (including phenoxy) is 1. The molecule has 5 aliphatic rings. The van der Waals surface area contributed by atoms with Gasteiger partial charge in [-0.2, -0.15) is 13.2 Å². The minimum atomic E-state index is -4.69. The standard InChI is InChI=1S/C54H66ClF3N7O4S3.Y/c55-44-10-6-41(7-11-44)49-16-20-53(21-25-64(39-53)36-40-17-22-59-23-18-40)35-43(49)37-63-26-28-65(29-27-63)46-12-8-42(9-13-46)52(66)61-72(67,68)48-14-15-50(51(34-48)71-54(56,57)58)60-45(19-24-62-30-32-69-33-31-62)38-70-47-4-2-1-3-5-47;/h1-15,34,40,45,60H,16-33,35-39H2,(H,61,66);/q-1;. The Morgan fingerprint density at radius 3 is 2.30 bits per heavy atom. The zero-order valence-electron chi connectivity index (χ0n) is 41.3. The molecule has 391 valence electrons. The van der Waals surface area contributed by atoms with E-state index in [-0.39, 0.29) is 66.7 Å². The molecule has 11 nitrogen and oxygen atoms in total. The number of benzene rings is 4. The third-order valence-electron chi connectivity index (χ3n) is 15.0. The zero-order chi connectivity index (χ0) is 50.1. The average Bonchev–Trinajstić information content (AvgIpc) is 3.76. The summed E-state index contributed by atoms with van der Waals surface area (Å²) in [6, 6.07) is 28.3. The van der Waals surface area contributed by atoms with Crippen molar-refractivity contribution in [3.63, 3.8) is 0 Å². The number of hydrogen-bond donors (Lipinski definition) is 2. The van der Waals surface area contributed by atoms with E-state index in [0.29, 0.717) is 30.8 Å². The molecule has 2 atom stereocenters. The maximum atomic E-state index is 14.0. The van der Waals surface area contributed by atoms with E-state index in [2.05, 4.69) is 47.1 Å². The van der Waals surface area contributed by atoms with E-state index in [1.54, 1.807) is 29.5 Å². The van der Waals surface area contributed by atoms with Crippen molar-refractivity contribution in [1.82, 2.24) is 19.4 Å². The Kier molecular flexibility index (Phi) is 20.2. The summed E-state index contributed by atoms with van der Waals surface area (Å²) in [5.41, 5.74) is 1.10. The Bertz CT molecular complexity index is 2580. The number of anilines is 2. The van der Waals surface area contributed by atoms with E-state index in [4.69, 9.17) is 16.3 Å². The van der Waals surface area contributed by atoms with E-state index in [1.165, 1.54) is 68.6 Å². The SMILES string of the molecule is O=C(NS(=O)(=O)c1ccc(NC(CCN2CCOCC2)CSc2ccccc2)c(SC(F)(F)F)c1)c1ccc(N2CCN(CC3=C(c4ccc(Cl)cc4)CCC4(CCN(CC5CC[N-]CC5)C4)C3)CC2)cc1.[Y]. The molecule has 19 heteroatoms. The number of halogens is 4. The molecule has 4 aromatic rings. The van der Waals surface area contributed by atoms with Crippen molar-refractivity contribution in [3.8, 4) is 0 Å². The van der Waals surface area contributed by atoms with Crippen LogP contribution in [0.15, 0.2) is 117 Å². The van der Waals surface area contributed by atoms with Crippen LogP contribution in [0.3, 0.4) is 0 Å². The van der Waals surface area contributed by atoms with E-state index < -0.39 is 26.3 Å². The van der Waals surface area contributed by atoms with Crippen LogP contribution < -0.4 is 14.9 Å². The predicted octanol–water partition coefficient (Wildman–Crippen LogP) is 10.6. The van der Waals surface area contributed by atoms with Crippen LogP contribution >= 0.6 is 35.1 Å². The number of amides is 1. The Hall–Kier alpha value is -2.68. The molecule has 9 rings (SSSR count). The van der Waals surface area contributed by atoms with Gasteiger partial charge in [-0.25, -0.2) is 13.1 Å². The molecular formula is C54H66ClF3N7O4S3Y-. The summed E-state index contributed by atoms with van der Waals surface area (Å²) in [7, 11) is -4.55. The Balaban J connectivity index is 0.00000711. The van der Waals surface area contributed by atoms with Crippen molar-refractivity contribution in [2.24, 2.45) is 11.3 Å². The van der Waals surface area contributed by atoms with Crippen molar-refractivity contribution in [3.05, 3.63) is 124 Å². The van der Waals surface area contributed by atoms with Crippen molar-refractivity contribution in [2.45, 2.75) is 71.2 Å². The number of piperidine rings is 1. The summed E-state index contributed by atoms with van der Waals surface area (Å²) in [6.45, 7) is 13.3. The molecule has 0 saturated carbocycles. The van der Waals surface area contributed by atoms with Crippen LogP contribution in [0.1, 0.15) is 60.9 Å². The van der Waals surface area contributed by atoms with Crippen LogP contribution in [-0.2, 0) is 47.5 Å². The first-order valence-electron chi connectivity index (χ1n) is 25.4. The average molecular weight is 1150 g/mol. The summed E-state index contributed by atoms with van der Waals surface area (Å²) in [4.78, 5) is 23.6. The molecule has 0 bridgehead atoms. The monoisotopic (exact) mass is 1150 g/mol. The van der Waals surface area contributed by atoms with E-state index >= 15 is 0 Å². The number of alkyl halides is 3. The summed E-state index contributed by atoms with van der Waals surface area (Å²) in [5, 5.41) is 8.63. The molecule has 4 fully saturated rings. The number of carbonyl (C=O) groups excluding carboxylic acids is 1. The second-order valence-corrected chi connectivity index (χ2v) is 24.3. The number of carbonyl (C=O) groups is 1.